The molecule has 20 heavy (non-hydrogen) atoms. The summed E-state index contributed by atoms with van der Waals surface area (Å²) >= 11 is 11.2. The zero-order chi connectivity index (χ0) is 14.4. The van der Waals surface area contributed by atoms with Gasteiger partial charge in [-0.1, -0.05) is 52.3 Å². The quantitative estimate of drug-likeness (QED) is 0.595. The Bertz CT molecular complexity index is 563. The molecule has 8 heteroatoms. The van der Waals surface area contributed by atoms with Crippen molar-refractivity contribution >= 4 is 39.3 Å². The van der Waals surface area contributed by atoms with Crippen LogP contribution >= 0.6 is 39.3 Å². The third-order valence-electron chi connectivity index (χ3n) is 2.62. The molecule has 2 rings (SSSR count). The number of halogens is 2. The van der Waals surface area contributed by atoms with Crippen molar-refractivity contribution in [3.8, 4) is 0 Å². The number of hydrogen-bond acceptors (Lipinski definition) is 5. The molecule has 0 radical (unpaired) electrons. The normalized spacial score (nSPS) is 10.9. The van der Waals surface area contributed by atoms with Crippen molar-refractivity contribution in [2.45, 2.75) is 24.4 Å². The van der Waals surface area contributed by atoms with Crippen LogP contribution in [0.2, 0.25) is 5.02 Å². The molecule has 0 aliphatic carbocycles. The fraction of sp³-hybridized carbons (Fsp3) is 0.417. The lowest BCUT2D eigenvalue weighted by Crippen LogP contribution is -2.20. The van der Waals surface area contributed by atoms with Gasteiger partial charge in [0.15, 0.2) is 0 Å². The predicted octanol–water partition coefficient (Wildman–Crippen LogP) is 2.99. The van der Waals surface area contributed by atoms with Gasteiger partial charge in [0.1, 0.15) is 0 Å². The zero-order valence-electron chi connectivity index (χ0n) is 11.0. The summed E-state index contributed by atoms with van der Waals surface area (Å²) < 4.78 is 2.78. The van der Waals surface area contributed by atoms with E-state index in [0.717, 1.165) is 45.6 Å². The maximum atomic E-state index is 6.20. The molecule has 0 aliphatic heterocycles. The maximum Gasteiger partial charge on any atom is 0.209 e. The molecule has 0 bridgehead atoms. The Morgan fingerprint density at radius 2 is 2.30 bits per heavy atom. The number of tetrazole rings is 1. The third-order valence-corrected chi connectivity index (χ3v) is 4.47. The summed E-state index contributed by atoms with van der Waals surface area (Å²) in [5.41, 5.74) is 1.07. The lowest BCUT2D eigenvalue weighted by molar-refractivity contribution is 0.517. The number of nitrogens with zero attached hydrogens (tertiary/aromatic N) is 4. The molecule has 0 spiro atoms. The molecule has 0 unspecified atom stereocenters. The summed E-state index contributed by atoms with van der Waals surface area (Å²) in [6.45, 7) is 4.63. The fourth-order valence-electron chi connectivity index (χ4n) is 1.58. The summed E-state index contributed by atoms with van der Waals surface area (Å²) in [7, 11) is 0. The maximum absolute atomic E-state index is 6.20. The Hall–Kier alpha value is -0.630. The summed E-state index contributed by atoms with van der Waals surface area (Å²) in [6.07, 6.45) is 0. The van der Waals surface area contributed by atoms with E-state index < -0.39 is 0 Å². The number of likely N-dealkylation sites (N-methyl/N-ethyl adjacent to an activating group) is 1. The van der Waals surface area contributed by atoms with E-state index in [1.165, 1.54) is 0 Å². The van der Waals surface area contributed by atoms with Crippen molar-refractivity contribution < 1.29 is 0 Å². The monoisotopic (exact) mass is 375 g/mol. The first-order valence-electron chi connectivity index (χ1n) is 6.24. The van der Waals surface area contributed by atoms with Crippen LogP contribution in [0.15, 0.2) is 27.8 Å². The molecule has 0 amide bonds. The molecule has 5 nitrogen and oxygen atoms in total. The van der Waals surface area contributed by atoms with E-state index in [0.29, 0.717) is 0 Å². The topological polar surface area (TPSA) is 55.6 Å². The average Bonchev–Trinajstić information content (AvgIpc) is 2.86. The molecule has 0 saturated carbocycles. The number of benzene rings is 1. The van der Waals surface area contributed by atoms with Crippen LogP contribution in [-0.4, -0.2) is 33.3 Å². The van der Waals surface area contributed by atoms with Crippen LogP contribution < -0.4 is 5.32 Å². The van der Waals surface area contributed by atoms with Crippen molar-refractivity contribution in [1.82, 2.24) is 25.5 Å². The standard InChI is InChI=1S/C12H15BrClN5S/c1-2-15-5-6-19-12(16-17-18-19)20-8-9-3-4-10(13)7-11(9)14/h3-4,7,15H,2,5-6,8H2,1H3. The number of nitrogens with one attached hydrogen (secondary N) is 1. The summed E-state index contributed by atoms with van der Waals surface area (Å²) in [5.74, 6) is 0.744. The molecule has 0 aliphatic rings. The molecule has 0 fully saturated rings. The molecular weight excluding hydrogens is 362 g/mol. The molecule has 1 aromatic heterocycles. The van der Waals surface area contributed by atoms with Gasteiger partial charge in [-0.3, -0.25) is 0 Å². The third kappa shape index (κ3) is 4.44. The van der Waals surface area contributed by atoms with Crippen molar-refractivity contribution in [3.63, 3.8) is 0 Å². The van der Waals surface area contributed by atoms with Crippen LogP contribution in [0.4, 0.5) is 0 Å². The highest BCUT2D eigenvalue weighted by Gasteiger charge is 2.08. The van der Waals surface area contributed by atoms with Crippen molar-refractivity contribution in [2.24, 2.45) is 0 Å². The van der Waals surface area contributed by atoms with Gasteiger partial charge in [0.2, 0.25) is 5.16 Å². The minimum atomic E-state index is 0.744. The highest BCUT2D eigenvalue weighted by Crippen LogP contribution is 2.27. The molecule has 1 N–H and O–H groups in total. The van der Waals surface area contributed by atoms with Gasteiger partial charge in [-0.2, -0.15) is 0 Å². The number of thioether (sulfide) groups is 1. The average molecular weight is 377 g/mol. The highest BCUT2D eigenvalue weighted by molar-refractivity contribution is 9.10. The fourth-order valence-corrected chi connectivity index (χ4v) is 3.31. The lowest BCUT2D eigenvalue weighted by Gasteiger charge is -2.06. The second-order valence-electron chi connectivity index (χ2n) is 4.06. The molecule has 0 atom stereocenters. The van der Waals surface area contributed by atoms with Crippen LogP contribution in [0.25, 0.3) is 0 Å². The van der Waals surface area contributed by atoms with Crippen LogP contribution in [-0.2, 0) is 12.3 Å². The molecule has 2 aromatic rings. The first-order chi connectivity index (χ1) is 9.70. The van der Waals surface area contributed by atoms with Gasteiger partial charge >= 0.3 is 0 Å². The zero-order valence-corrected chi connectivity index (χ0v) is 14.2. The van der Waals surface area contributed by atoms with E-state index in [1.54, 1.807) is 16.4 Å². The summed E-state index contributed by atoms with van der Waals surface area (Å²) in [5, 5.41) is 16.6. The van der Waals surface area contributed by atoms with Gasteiger partial charge in [-0.25, -0.2) is 4.68 Å². The Labute approximate surface area is 135 Å². The van der Waals surface area contributed by atoms with E-state index >= 15 is 0 Å². The van der Waals surface area contributed by atoms with Gasteiger partial charge in [0.05, 0.1) is 6.54 Å². The molecule has 0 saturated heterocycles. The molecule has 1 heterocycles. The van der Waals surface area contributed by atoms with Crippen LogP contribution in [0.3, 0.4) is 0 Å². The second-order valence-corrected chi connectivity index (χ2v) is 6.33. The van der Waals surface area contributed by atoms with Crippen molar-refractivity contribution in [3.05, 3.63) is 33.3 Å². The van der Waals surface area contributed by atoms with Gasteiger partial charge in [0.25, 0.3) is 0 Å². The number of rotatable bonds is 7. The number of hydrogen-bond donors (Lipinski definition) is 1. The van der Waals surface area contributed by atoms with E-state index in [-0.39, 0.29) is 0 Å². The van der Waals surface area contributed by atoms with E-state index in [2.05, 4.69) is 43.7 Å². The summed E-state index contributed by atoms with van der Waals surface area (Å²) in [6, 6.07) is 5.88. The highest BCUT2D eigenvalue weighted by atomic mass is 79.9. The van der Waals surface area contributed by atoms with E-state index in [1.807, 2.05) is 18.2 Å². The van der Waals surface area contributed by atoms with Crippen LogP contribution in [0.1, 0.15) is 12.5 Å². The van der Waals surface area contributed by atoms with Gasteiger partial charge < -0.3 is 5.32 Å². The van der Waals surface area contributed by atoms with Gasteiger partial charge in [0, 0.05) is 21.8 Å². The van der Waals surface area contributed by atoms with E-state index in [4.69, 9.17) is 11.6 Å². The largest absolute Gasteiger partial charge is 0.315 e. The Morgan fingerprint density at radius 3 is 3.05 bits per heavy atom. The van der Waals surface area contributed by atoms with Crippen molar-refractivity contribution in [1.29, 1.82) is 0 Å². The SMILES string of the molecule is CCNCCn1nnnc1SCc1ccc(Br)cc1Cl. The van der Waals surface area contributed by atoms with Crippen LogP contribution in [0, 0.1) is 0 Å². The molecular formula is C12H15BrClN5S. The minimum Gasteiger partial charge on any atom is -0.315 e. The van der Waals surface area contributed by atoms with Crippen molar-refractivity contribution in [2.75, 3.05) is 13.1 Å². The predicted molar refractivity (Wildman–Crippen MR) is 85.1 cm³/mol. The Balaban J connectivity index is 1.95. The minimum absolute atomic E-state index is 0.744. The second kappa shape index (κ2) is 7.97. The summed E-state index contributed by atoms with van der Waals surface area (Å²) in [4.78, 5) is 0. The smallest absolute Gasteiger partial charge is 0.209 e. The van der Waals surface area contributed by atoms with Gasteiger partial charge in [-0.15, -0.1) is 5.10 Å². The molecule has 108 valence electrons. The first-order valence-corrected chi connectivity index (χ1v) is 8.40. The molecule has 1 aromatic carbocycles. The first kappa shape index (κ1) is 15.8. The van der Waals surface area contributed by atoms with Crippen LogP contribution in [0.5, 0.6) is 0 Å². The lowest BCUT2D eigenvalue weighted by atomic mass is 10.2. The Morgan fingerprint density at radius 1 is 1.45 bits per heavy atom. The Kier molecular flexibility index (Phi) is 6.28. The van der Waals surface area contributed by atoms with E-state index in [9.17, 15) is 0 Å². The van der Waals surface area contributed by atoms with Gasteiger partial charge in [-0.05, 0) is 34.7 Å². The number of aromatic nitrogens is 4.